The Morgan fingerprint density at radius 3 is 2.38 bits per heavy atom. The molecule has 0 bridgehead atoms. The molecule has 1 unspecified atom stereocenters. The number of amides is 2. The van der Waals surface area contributed by atoms with E-state index in [0.29, 0.717) is 0 Å². The number of ether oxygens (including phenoxy) is 2. The largest absolute Gasteiger partial charge is 0.465 e. The minimum Gasteiger partial charge on any atom is -0.465 e. The number of rotatable bonds is 4. The maximum atomic E-state index is 12.2. The fraction of sp³-hybridized carbons (Fsp3) is 0.438. The Labute approximate surface area is 140 Å². The molecule has 1 aromatic carbocycles. The van der Waals surface area contributed by atoms with Gasteiger partial charge in [0, 0.05) is 0 Å². The standard InChI is InChI=1S/C16H23N3O5/c1-9(18-15(22)24-16(2,3)4)13(20)19-12-8-10(14(21)23-5)6-7-11(12)17/h6-9H,17H2,1-5H3,(H,18,22)(H,19,20). The Hall–Kier alpha value is -2.77. The monoisotopic (exact) mass is 337 g/mol. The van der Waals surface area contributed by atoms with Crippen LogP contribution >= 0.6 is 0 Å². The van der Waals surface area contributed by atoms with Crippen LogP contribution in [-0.4, -0.2) is 36.7 Å². The third-order valence-electron chi connectivity index (χ3n) is 2.86. The molecule has 0 fully saturated rings. The van der Waals surface area contributed by atoms with Gasteiger partial charge in [0.15, 0.2) is 0 Å². The molecule has 8 nitrogen and oxygen atoms in total. The number of hydrogen-bond donors (Lipinski definition) is 3. The molecule has 24 heavy (non-hydrogen) atoms. The van der Waals surface area contributed by atoms with Crippen molar-refractivity contribution in [1.29, 1.82) is 0 Å². The number of nitrogen functional groups attached to an aromatic ring is 1. The first-order chi connectivity index (χ1) is 11.0. The second kappa shape index (κ2) is 7.67. The van der Waals surface area contributed by atoms with Crippen molar-refractivity contribution in [3.05, 3.63) is 23.8 Å². The summed E-state index contributed by atoms with van der Waals surface area (Å²) in [6.45, 7) is 6.66. The van der Waals surface area contributed by atoms with E-state index in [9.17, 15) is 14.4 Å². The summed E-state index contributed by atoms with van der Waals surface area (Å²) in [5, 5.41) is 4.97. The summed E-state index contributed by atoms with van der Waals surface area (Å²) in [4.78, 5) is 35.4. The van der Waals surface area contributed by atoms with E-state index in [2.05, 4.69) is 15.4 Å². The average molecular weight is 337 g/mol. The number of hydrogen-bond acceptors (Lipinski definition) is 6. The number of methoxy groups -OCH3 is 1. The Morgan fingerprint density at radius 1 is 1.21 bits per heavy atom. The molecule has 0 aliphatic rings. The molecule has 2 amide bonds. The van der Waals surface area contributed by atoms with Crippen molar-refractivity contribution >= 4 is 29.3 Å². The smallest absolute Gasteiger partial charge is 0.408 e. The minimum absolute atomic E-state index is 0.245. The first kappa shape index (κ1) is 19.3. The first-order valence-electron chi connectivity index (χ1n) is 7.31. The van der Waals surface area contributed by atoms with Crippen molar-refractivity contribution < 1.29 is 23.9 Å². The van der Waals surface area contributed by atoms with Crippen LogP contribution in [0.15, 0.2) is 18.2 Å². The Kier molecular flexibility index (Phi) is 6.16. The molecule has 4 N–H and O–H groups in total. The quantitative estimate of drug-likeness (QED) is 0.570. The highest BCUT2D eigenvalue weighted by Gasteiger charge is 2.21. The number of carbonyl (C=O) groups is 3. The van der Waals surface area contributed by atoms with Gasteiger partial charge in [-0.15, -0.1) is 0 Å². The number of alkyl carbamates (subject to hydrolysis) is 1. The molecule has 1 aromatic rings. The van der Waals surface area contributed by atoms with E-state index in [1.165, 1.54) is 32.2 Å². The van der Waals surface area contributed by atoms with Crippen molar-refractivity contribution in [3.63, 3.8) is 0 Å². The number of esters is 1. The summed E-state index contributed by atoms with van der Waals surface area (Å²) >= 11 is 0. The van der Waals surface area contributed by atoms with Crippen LogP contribution in [0.4, 0.5) is 16.2 Å². The maximum Gasteiger partial charge on any atom is 0.408 e. The van der Waals surface area contributed by atoms with Crippen LogP contribution in [0.1, 0.15) is 38.1 Å². The minimum atomic E-state index is -0.860. The van der Waals surface area contributed by atoms with Crippen molar-refractivity contribution in [2.45, 2.75) is 39.3 Å². The summed E-state index contributed by atoms with van der Waals surface area (Å²) in [7, 11) is 1.25. The van der Waals surface area contributed by atoms with E-state index >= 15 is 0 Å². The fourth-order valence-corrected chi connectivity index (χ4v) is 1.70. The van der Waals surface area contributed by atoms with Gasteiger partial charge in [0.05, 0.1) is 24.0 Å². The van der Waals surface area contributed by atoms with Crippen LogP contribution in [-0.2, 0) is 14.3 Å². The highest BCUT2D eigenvalue weighted by molar-refractivity contribution is 6.00. The van der Waals surface area contributed by atoms with Crippen molar-refractivity contribution in [1.82, 2.24) is 5.32 Å². The van der Waals surface area contributed by atoms with Gasteiger partial charge in [-0.1, -0.05) is 0 Å². The fourth-order valence-electron chi connectivity index (χ4n) is 1.70. The topological polar surface area (TPSA) is 120 Å². The van der Waals surface area contributed by atoms with Crippen LogP contribution < -0.4 is 16.4 Å². The molecule has 0 aliphatic heterocycles. The lowest BCUT2D eigenvalue weighted by Gasteiger charge is -2.21. The highest BCUT2D eigenvalue weighted by Crippen LogP contribution is 2.20. The zero-order valence-electron chi connectivity index (χ0n) is 14.4. The lowest BCUT2D eigenvalue weighted by Crippen LogP contribution is -2.44. The molecule has 8 heteroatoms. The molecule has 0 aliphatic carbocycles. The predicted molar refractivity (Wildman–Crippen MR) is 89.7 cm³/mol. The average Bonchev–Trinajstić information content (AvgIpc) is 2.46. The van der Waals surface area contributed by atoms with Gasteiger partial charge in [-0.2, -0.15) is 0 Å². The predicted octanol–water partition coefficient (Wildman–Crippen LogP) is 1.91. The molecule has 0 saturated heterocycles. The molecule has 1 rings (SSSR count). The summed E-state index contributed by atoms with van der Waals surface area (Å²) in [5.41, 5.74) is 5.89. The van der Waals surface area contributed by atoms with E-state index in [0.717, 1.165) is 0 Å². The third kappa shape index (κ3) is 5.79. The van der Waals surface area contributed by atoms with Gasteiger partial charge in [-0.3, -0.25) is 4.79 Å². The van der Waals surface area contributed by atoms with E-state index in [-0.39, 0.29) is 16.9 Å². The van der Waals surface area contributed by atoms with Gasteiger partial charge in [0.25, 0.3) is 0 Å². The molecule has 132 valence electrons. The van der Waals surface area contributed by atoms with Gasteiger partial charge < -0.3 is 25.8 Å². The van der Waals surface area contributed by atoms with E-state index in [1.807, 2.05) is 0 Å². The maximum absolute atomic E-state index is 12.2. The molecule has 0 aromatic heterocycles. The van der Waals surface area contributed by atoms with Crippen LogP contribution in [0.5, 0.6) is 0 Å². The van der Waals surface area contributed by atoms with Crippen LogP contribution in [0.25, 0.3) is 0 Å². The summed E-state index contributed by atoms with van der Waals surface area (Å²) in [5.74, 6) is -1.06. The molecular formula is C16H23N3O5. The van der Waals surface area contributed by atoms with Gasteiger partial charge in [-0.25, -0.2) is 9.59 Å². The van der Waals surface area contributed by atoms with Crippen molar-refractivity contribution in [2.24, 2.45) is 0 Å². The van der Waals surface area contributed by atoms with Gasteiger partial charge in [-0.05, 0) is 45.9 Å². The number of nitrogens with two attached hydrogens (primary N) is 1. The van der Waals surface area contributed by atoms with E-state index < -0.39 is 29.6 Å². The lowest BCUT2D eigenvalue weighted by molar-refractivity contribution is -0.117. The summed E-state index contributed by atoms with van der Waals surface area (Å²) < 4.78 is 9.70. The van der Waals surface area contributed by atoms with Crippen LogP contribution in [0.3, 0.4) is 0 Å². The van der Waals surface area contributed by atoms with E-state index in [1.54, 1.807) is 20.8 Å². The van der Waals surface area contributed by atoms with Gasteiger partial charge >= 0.3 is 12.1 Å². The van der Waals surface area contributed by atoms with E-state index in [4.69, 9.17) is 10.5 Å². The van der Waals surface area contributed by atoms with Crippen LogP contribution in [0.2, 0.25) is 0 Å². The highest BCUT2D eigenvalue weighted by atomic mass is 16.6. The van der Waals surface area contributed by atoms with Gasteiger partial charge in [0.2, 0.25) is 5.91 Å². The Bertz CT molecular complexity index is 637. The number of anilines is 2. The van der Waals surface area contributed by atoms with Crippen LogP contribution in [0, 0.1) is 0 Å². The van der Waals surface area contributed by atoms with Crippen molar-refractivity contribution in [2.75, 3.05) is 18.2 Å². The molecule has 0 heterocycles. The zero-order chi connectivity index (χ0) is 18.5. The van der Waals surface area contributed by atoms with Crippen molar-refractivity contribution in [3.8, 4) is 0 Å². The number of benzene rings is 1. The SMILES string of the molecule is COC(=O)c1ccc(N)c(NC(=O)C(C)NC(=O)OC(C)(C)C)c1. The molecule has 1 atom stereocenters. The molecular weight excluding hydrogens is 314 g/mol. The summed E-state index contributed by atoms with van der Waals surface area (Å²) in [6.07, 6.45) is -0.707. The first-order valence-corrected chi connectivity index (χ1v) is 7.31. The second-order valence-corrected chi connectivity index (χ2v) is 6.15. The normalized spacial score (nSPS) is 12.0. The summed E-state index contributed by atoms with van der Waals surface area (Å²) in [6, 6.07) is 3.51. The second-order valence-electron chi connectivity index (χ2n) is 6.15. The Balaban J connectivity index is 2.76. The number of nitrogens with one attached hydrogen (secondary N) is 2. The zero-order valence-corrected chi connectivity index (χ0v) is 14.4. The lowest BCUT2D eigenvalue weighted by atomic mass is 10.1. The Morgan fingerprint density at radius 2 is 1.83 bits per heavy atom. The molecule has 0 saturated carbocycles. The third-order valence-corrected chi connectivity index (χ3v) is 2.86. The van der Waals surface area contributed by atoms with Gasteiger partial charge in [0.1, 0.15) is 11.6 Å². The molecule has 0 spiro atoms. The number of carbonyl (C=O) groups excluding carboxylic acids is 3. The molecule has 0 radical (unpaired) electrons.